The van der Waals surface area contributed by atoms with Crippen molar-refractivity contribution in [3.63, 3.8) is 0 Å². The van der Waals surface area contributed by atoms with E-state index < -0.39 is 12.0 Å². The molecule has 0 spiro atoms. The SMILES string of the molecule is C[C@H](N)C(=O)O.[Mo]. The summed E-state index contributed by atoms with van der Waals surface area (Å²) < 4.78 is 0. The van der Waals surface area contributed by atoms with E-state index in [1.807, 2.05) is 0 Å². The molecule has 0 rings (SSSR count). The zero-order chi connectivity index (χ0) is 5.15. The topological polar surface area (TPSA) is 63.3 Å². The van der Waals surface area contributed by atoms with E-state index in [0.29, 0.717) is 0 Å². The first-order chi connectivity index (χ1) is 2.64. The molecular formula is C3H7MoNO2. The molecule has 0 radical (unpaired) electrons. The summed E-state index contributed by atoms with van der Waals surface area (Å²) in [6.45, 7) is 1.42. The summed E-state index contributed by atoms with van der Waals surface area (Å²) in [5, 5.41) is 7.87. The van der Waals surface area contributed by atoms with Crippen molar-refractivity contribution in [2.75, 3.05) is 0 Å². The molecule has 0 bridgehead atoms. The van der Waals surface area contributed by atoms with Crippen molar-refractivity contribution in [2.24, 2.45) is 5.73 Å². The number of aliphatic carboxylic acids is 1. The van der Waals surface area contributed by atoms with Crippen LogP contribution in [0.5, 0.6) is 0 Å². The van der Waals surface area contributed by atoms with Gasteiger partial charge in [-0.05, 0) is 6.92 Å². The van der Waals surface area contributed by atoms with Crippen LogP contribution < -0.4 is 5.73 Å². The standard InChI is InChI=1S/C3H7NO2.Mo/c1-2(4)3(5)6;/h2H,4H2,1H3,(H,5,6);/t2-;/m0./s1. The van der Waals surface area contributed by atoms with Crippen LogP contribution in [0.25, 0.3) is 0 Å². The minimum absolute atomic E-state index is 0. The second-order valence-electron chi connectivity index (χ2n) is 1.13. The van der Waals surface area contributed by atoms with Gasteiger partial charge in [0, 0.05) is 21.1 Å². The number of carbonyl (C=O) groups is 1. The van der Waals surface area contributed by atoms with E-state index in [0.717, 1.165) is 0 Å². The van der Waals surface area contributed by atoms with Crippen molar-refractivity contribution >= 4 is 5.97 Å². The number of carboxylic acids is 1. The van der Waals surface area contributed by atoms with Gasteiger partial charge in [0.1, 0.15) is 6.04 Å². The molecule has 0 aliphatic rings. The molecular weight excluding hydrogens is 178 g/mol. The van der Waals surface area contributed by atoms with Crippen LogP contribution in [0.3, 0.4) is 0 Å². The number of hydrogen-bond acceptors (Lipinski definition) is 2. The molecule has 3 nitrogen and oxygen atoms in total. The summed E-state index contributed by atoms with van der Waals surface area (Å²) in [4.78, 5) is 9.57. The summed E-state index contributed by atoms with van der Waals surface area (Å²) in [7, 11) is 0. The van der Waals surface area contributed by atoms with E-state index in [-0.39, 0.29) is 21.1 Å². The van der Waals surface area contributed by atoms with Gasteiger partial charge in [-0.15, -0.1) is 0 Å². The minimum atomic E-state index is -0.963. The Morgan fingerprint density at radius 1 is 1.86 bits per heavy atom. The van der Waals surface area contributed by atoms with Crippen LogP contribution in [0.15, 0.2) is 0 Å². The van der Waals surface area contributed by atoms with Gasteiger partial charge in [0.15, 0.2) is 0 Å². The summed E-state index contributed by atoms with van der Waals surface area (Å²) >= 11 is 0. The van der Waals surface area contributed by atoms with Gasteiger partial charge < -0.3 is 10.8 Å². The Labute approximate surface area is 56.2 Å². The molecule has 0 amide bonds. The number of hydrogen-bond donors (Lipinski definition) is 2. The molecule has 7 heavy (non-hydrogen) atoms. The molecule has 3 N–H and O–H groups in total. The minimum Gasteiger partial charge on any atom is -0.480 e. The first kappa shape index (κ1) is 10.2. The molecule has 0 aliphatic heterocycles. The van der Waals surface area contributed by atoms with Crippen molar-refractivity contribution in [2.45, 2.75) is 13.0 Å². The third-order valence-electron chi connectivity index (χ3n) is 0.390. The summed E-state index contributed by atoms with van der Waals surface area (Å²) in [6.07, 6.45) is 0. The maximum atomic E-state index is 9.57. The predicted molar refractivity (Wildman–Crippen MR) is 21.3 cm³/mol. The fourth-order valence-electron chi connectivity index (χ4n) is 0. The van der Waals surface area contributed by atoms with Crippen molar-refractivity contribution < 1.29 is 31.0 Å². The largest absolute Gasteiger partial charge is 0.480 e. The van der Waals surface area contributed by atoms with Gasteiger partial charge in [-0.2, -0.15) is 0 Å². The van der Waals surface area contributed by atoms with E-state index in [9.17, 15) is 4.79 Å². The molecule has 1 atom stereocenters. The van der Waals surface area contributed by atoms with Gasteiger partial charge in [0.05, 0.1) is 0 Å². The van der Waals surface area contributed by atoms with Crippen LogP contribution in [0.2, 0.25) is 0 Å². The van der Waals surface area contributed by atoms with Gasteiger partial charge in [-0.1, -0.05) is 0 Å². The van der Waals surface area contributed by atoms with Gasteiger partial charge in [0.25, 0.3) is 0 Å². The average molecular weight is 185 g/mol. The van der Waals surface area contributed by atoms with Crippen LogP contribution in [0.4, 0.5) is 0 Å². The van der Waals surface area contributed by atoms with Crippen molar-refractivity contribution in [1.29, 1.82) is 0 Å². The van der Waals surface area contributed by atoms with Gasteiger partial charge in [0.2, 0.25) is 0 Å². The smallest absolute Gasteiger partial charge is 0.320 e. The van der Waals surface area contributed by atoms with Crippen molar-refractivity contribution in [3.8, 4) is 0 Å². The Kier molecular flexibility index (Phi) is 6.22. The summed E-state index contributed by atoms with van der Waals surface area (Å²) in [5.74, 6) is -0.963. The fourth-order valence-corrected chi connectivity index (χ4v) is 0. The second kappa shape index (κ2) is 4.28. The molecule has 0 saturated carbocycles. The number of nitrogens with two attached hydrogens (primary N) is 1. The second-order valence-corrected chi connectivity index (χ2v) is 1.13. The van der Waals surface area contributed by atoms with Gasteiger partial charge in [-0.3, -0.25) is 4.79 Å². The first-order valence-corrected chi connectivity index (χ1v) is 1.63. The van der Waals surface area contributed by atoms with E-state index in [2.05, 4.69) is 0 Å². The van der Waals surface area contributed by atoms with Crippen LogP contribution in [0.1, 0.15) is 6.92 Å². The van der Waals surface area contributed by atoms with Crippen LogP contribution in [0, 0.1) is 0 Å². The van der Waals surface area contributed by atoms with Crippen LogP contribution >= 0.6 is 0 Å². The normalized spacial score (nSPS) is 11.7. The molecule has 0 heterocycles. The molecule has 4 heteroatoms. The third-order valence-corrected chi connectivity index (χ3v) is 0.390. The average Bonchev–Trinajstić information content (AvgIpc) is 1.36. The van der Waals surface area contributed by atoms with E-state index >= 15 is 0 Å². The zero-order valence-corrected chi connectivity index (χ0v) is 5.93. The molecule has 0 aromatic carbocycles. The molecule has 0 unspecified atom stereocenters. The van der Waals surface area contributed by atoms with E-state index in [1.165, 1.54) is 6.92 Å². The number of carboxylic acid groups (broad SMARTS) is 1. The van der Waals surface area contributed by atoms with Crippen molar-refractivity contribution in [3.05, 3.63) is 0 Å². The molecule has 0 aliphatic carbocycles. The van der Waals surface area contributed by atoms with E-state index in [4.69, 9.17) is 10.8 Å². The summed E-state index contributed by atoms with van der Waals surface area (Å²) in [6, 6.07) is -0.731. The summed E-state index contributed by atoms with van der Waals surface area (Å²) in [5.41, 5.74) is 4.84. The van der Waals surface area contributed by atoms with Crippen LogP contribution in [-0.2, 0) is 25.9 Å². The Morgan fingerprint density at radius 2 is 2.00 bits per heavy atom. The Morgan fingerprint density at radius 3 is 2.00 bits per heavy atom. The predicted octanol–water partition coefficient (Wildman–Crippen LogP) is -0.584. The molecule has 42 valence electrons. The van der Waals surface area contributed by atoms with Gasteiger partial charge >= 0.3 is 5.97 Å². The fraction of sp³-hybridized carbons (Fsp3) is 0.667. The Hall–Kier alpha value is 0.118. The van der Waals surface area contributed by atoms with Crippen molar-refractivity contribution in [1.82, 2.24) is 0 Å². The number of rotatable bonds is 1. The monoisotopic (exact) mass is 187 g/mol. The quantitative estimate of drug-likeness (QED) is 0.537. The molecule has 0 aromatic heterocycles. The molecule has 0 aromatic rings. The maximum absolute atomic E-state index is 9.57. The maximum Gasteiger partial charge on any atom is 0.320 e. The Balaban J connectivity index is 0. The Bertz CT molecular complexity index is 64.0. The van der Waals surface area contributed by atoms with Gasteiger partial charge in [-0.25, -0.2) is 0 Å². The molecule has 0 saturated heterocycles. The molecule has 0 fully saturated rings. The zero-order valence-electron chi connectivity index (χ0n) is 3.92. The third kappa shape index (κ3) is 6.12. The first-order valence-electron chi connectivity index (χ1n) is 1.63. The van der Waals surface area contributed by atoms with E-state index in [1.54, 1.807) is 0 Å². The van der Waals surface area contributed by atoms with Crippen LogP contribution in [-0.4, -0.2) is 17.1 Å².